The summed E-state index contributed by atoms with van der Waals surface area (Å²) in [5.41, 5.74) is 1.84. The van der Waals surface area contributed by atoms with Crippen molar-refractivity contribution in [2.24, 2.45) is 0 Å². The topological polar surface area (TPSA) is 59.8 Å². The van der Waals surface area contributed by atoms with Gasteiger partial charge < -0.3 is 5.32 Å². The third-order valence-electron chi connectivity index (χ3n) is 5.58. The molecule has 1 aliphatic rings. The average Bonchev–Trinajstić information content (AvgIpc) is 3.14. The number of hydrogen-bond acceptors (Lipinski definition) is 3. The third kappa shape index (κ3) is 4.74. The zero-order valence-electron chi connectivity index (χ0n) is 17.2. The predicted molar refractivity (Wildman–Crippen MR) is 126 cm³/mol. The van der Waals surface area contributed by atoms with Crippen LogP contribution in [-0.2, 0) is 6.42 Å². The molecule has 4 rings (SSSR count). The maximum atomic E-state index is 13.2. The molecule has 3 aromatic rings. The monoisotopic (exact) mass is 476 g/mol. The Balaban J connectivity index is 1.84. The fourth-order valence-electron chi connectivity index (χ4n) is 4.06. The molecule has 0 radical (unpaired) electrons. The number of hydrogen-bond donors (Lipinski definition) is 1. The zero-order valence-corrected chi connectivity index (χ0v) is 19.4. The van der Waals surface area contributed by atoms with Crippen molar-refractivity contribution in [1.82, 2.24) is 19.9 Å². The van der Waals surface area contributed by atoms with Crippen molar-refractivity contribution >= 4 is 40.7 Å². The fraction of sp³-hybridized carbons (Fsp3) is 0.348. The maximum absolute atomic E-state index is 13.2. The lowest BCUT2D eigenvalue weighted by molar-refractivity contribution is 0.0922. The minimum atomic E-state index is -0.164. The van der Waals surface area contributed by atoms with E-state index in [1.54, 1.807) is 30.5 Å². The quantitative estimate of drug-likeness (QED) is 0.455. The van der Waals surface area contributed by atoms with E-state index in [1.165, 1.54) is 6.42 Å². The Morgan fingerprint density at radius 2 is 1.84 bits per heavy atom. The van der Waals surface area contributed by atoms with E-state index in [0.717, 1.165) is 31.4 Å². The van der Waals surface area contributed by atoms with Crippen LogP contribution >= 0.6 is 34.8 Å². The summed E-state index contributed by atoms with van der Waals surface area (Å²) in [4.78, 5) is 22.5. The van der Waals surface area contributed by atoms with Gasteiger partial charge in [-0.25, -0.2) is 9.97 Å². The lowest BCUT2D eigenvalue weighted by Gasteiger charge is -2.22. The van der Waals surface area contributed by atoms with Crippen LogP contribution in [0.4, 0.5) is 0 Å². The van der Waals surface area contributed by atoms with E-state index in [1.807, 2.05) is 17.6 Å². The first-order valence-corrected chi connectivity index (χ1v) is 11.6. The number of carbonyl (C=O) groups is 1. The Labute approximate surface area is 196 Å². The van der Waals surface area contributed by atoms with Gasteiger partial charge in [-0.2, -0.15) is 0 Å². The van der Waals surface area contributed by atoms with Crippen LogP contribution in [-0.4, -0.2) is 26.5 Å². The number of amides is 1. The van der Waals surface area contributed by atoms with Gasteiger partial charge in [0.25, 0.3) is 5.91 Å². The highest BCUT2D eigenvalue weighted by Crippen LogP contribution is 2.33. The van der Waals surface area contributed by atoms with Crippen LogP contribution in [0.2, 0.25) is 15.1 Å². The Bertz CT molecular complexity index is 1090. The van der Waals surface area contributed by atoms with Gasteiger partial charge in [-0.15, -0.1) is 0 Å². The number of benzene rings is 1. The summed E-state index contributed by atoms with van der Waals surface area (Å²) in [6, 6.07) is 8.98. The highest BCUT2D eigenvalue weighted by molar-refractivity contribution is 6.36. The Hall–Kier alpha value is -2.08. The van der Waals surface area contributed by atoms with E-state index in [9.17, 15) is 4.79 Å². The Morgan fingerprint density at radius 1 is 1.10 bits per heavy atom. The third-order valence-corrected chi connectivity index (χ3v) is 6.35. The SMILES string of the molecule is CCc1c(C(=O)NC2CCCCC2)nc(-c2ccc(Cl)cc2Cl)n1-c1ccc(Cl)cn1. The summed E-state index contributed by atoms with van der Waals surface area (Å²) in [6.45, 7) is 1.99. The molecule has 1 N–H and O–H groups in total. The smallest absolute Gasteiger partial charge is 0.272 e. The molecule has 1 fully saturated rings. The Kier molecular flexibility index (Phi) is 6.85. The lowest BCUT2D eigenvalue weighted by atomic mass is 9.95. The van der Waals surface area contributed by atoms with E-state index < -0.39 is 0 Å². The first kappa shape index (κ1) is 22.1. The molecule has 0 atom stereocenters. The van der Waals surface area contributed by atoms with E-state index in [-0.39, 0.29) is 11.9 Å². The van der Waals surface area contributed by atoms with Crippen molar-refractivity contribution in [3.05, 3.63) is 63.0 Å². The molecule has 0 spiro atoms. The van der Waals surface area contributed by atoms with Gasteiger partial charge in [0, 0.05) is 22.8 Å². The van der Waals surface area contributed by atoms with Crippen molar-refractivity contribution in [1.29, 1.82) is 0 Å². The van der Waals surface area contributed by atoms with Gasteiger partial charge in [-0.05, 0) is 49.6 Å². The molecular weight excluding hydrogens is 455 g/mol. The molecule has 1 amide bonds. The van der Waals surface area contributed by atoms with E-state index in [4.69, 9.17) is 39.8 Å². The number of pyridine rings is 1. The van der Waals surface area contributed by atoms with Gasteiger partial charge in [0.2, 0.25) is 0 Å². The Morgan fingerprint density at radius 3 is 2.48 bits per heavy atom. The number of carbonyl (C=O) groups excluding carboxylic acids is 1. The van der Waals surface area contributed by atoms with Crippen LogP contribution in [0.5, 0.6) is 0 Å². The predicted octanol–water partition coefficient (Wildman–Crippen LogP) is 6.52. The van der Waals surface area contributed by atoms with E-state index in [0.29, 0.717) is 44.4 Å². The van der Waals surface area contributed by atoms with Gasteiger partial charge in [0.05, 0.1) is 15.7 Å². The number of aromatic nitrogens is 3. The number of rotatable bonds is 5. The van der Waals surface area contributed by atoms with Crippen molar-refractivity contribution in [2.45, 2.75) is 51.5 Å². The van der Waals surface area contributed by atoms with Gasteiger partial charge >= 0.3 is 0 Å². The van der Waals surface area contributed by atoms with Crippen molar-refractivity contribution in [3.63, 3.8) is 0 Å². The molecule has 2 aromatic heterocycles. The summed E-state index contributed by atoms with van der Waals surface area (Å²) in [7, 11) is 0. The summed E-state index contributed by atoms with van der Waals surface area (Å²) in [6.07, 6.45) is 7.68. The highest BCUT2D eigenvalue weighted by Gasteiger charge is 2.26. The van der Waals surface area contributed by atoms with E-state index >= 15 is 0 Å². The second kappa shape index (κ2) is 9.60. The van der Waals surface area contributed by atoms with Crippen molar-refractivity contribution in [2.75, 3.05) is 0 Å². The fourth-order valence-corrected chi connectivity index (χ4v) is 4.67. The second-order valence-electron chi connectivity index (χ2n) is 7.69. The molecule has 1 aromatic carbocycles. The van der Waals surface area contributed by atoms with Crippen LogP contribution in [0.25, 0.3) is 17.2 Å². The molecule has 5 nitrogen and oxygen atoms in total. The van der Waals surface area contributed by atoms with Crippen LogP contribution < -0.4 is 5.32 Å². The molecule has 2 heterocycles. The molecule has 0 aliphatic heterocycles. The number of halogens is 3. The number of imidazole rings is 1. The molecule has 0 bridgehead atoms. The maximum Gasteiger partial charge on any atom is 0.272 e. The molecular formula is C23H23Cl3N4O. The minimum Gasteiger partial charge on any atom is -0.348 e. The van der Waals surface area contributed by atoms with Gasteiger partial charge in [0.1, 0.15) is 11.6 Å². The lowest BCUT2D eigenvalue weighted by Crippen LogP contribution is -2.36. The van der Waals surface area contributed by atoms with Crippen molar-refractivity contribution in [3.8, 4) is 17.2 Å². The average molecular weight is 478 g/mol. The molecule has 1 saturated carbocycles. The summed E-state index contributed by atoms with van der Waals surface area (Å²) in [5, 5.41) is 4.69. The number of nitrogens with one attached hydrogen (secondary N) is 1. The second-order valence-corrected chi connectivity index (χ2v) is 8.97. The minimum absolute atomic E-state index is 0.164. The molecule has 162 valence electrons. The molecule has 1 aliphatic carbocycles. The molecule has 8 heteroatoms. The largest absolute Gasteiger partial charge is 0.348 e. The first-order chi connectivity index (χ1) is 15.0. The van der Waals surface area contributed by atoms with Gasteiger partial charge in [-0.1, -0.05) is 61.0 Å². The van der Waals surface area contributed by atoms with Crippen LogP contribution in [0.15, 0.2) is 36.5 Å². The van der Waals surface area contributed by atoms with Gasteiger partial charge in [-0.3, -0.25) is 9.36 Å². The molecule has 31 heavy (non-hydrogen) atoms. The first-order valence-electron chi connectivity index (χ1n) is 10.5. The zero-order chi connectivity index (χ0) is 22.0. The summed E-state index contributed by atoms with van der Waals surface area (Å²) >= 11 is 18.7. The van der Waals surface area contributed by atoms with Crippen LogP contribution in [0, 0.1) is 0 Å². The van der Waals surface area contributed by atoms with Crippen molar-refractivity contribution < 1.29 is 4.79 Å². The molecule has 0 saturated heterocycles. The normalized spacial score (nSPS) is 14.6. The highest BCUT2D eigenvalue weighted by atomic mass is 35.5. The summed E-state index contributed by atoms with van der Waals surface area (Å²) in [5.74, 6) is 0.997. The standard InChI is InChI=1S/C23H23Cl3N4O/c1-2-19-21(23(31)28-16-6-4-3-5-7-16)29-22(17-10-8-14(24)12-18(17)26)30(19)20-11-9-15(25)13-27-20/h8-13,16H,2-7H2,1H3,(H,28,31). The van der Waals surface area contributed by atoms with Crippen LogP contribution in [0.3, 0.4) is 0 Å². The van der Waals surface area contributed by atoms with Crippen LogP contribution in [0.1, 0.15) is 55.2 Å². The van der Waals surface area contributed by atoms with E-state index in [2.05, 4.69) is 10.3 Å². The van der Waals surface area contributed by atoms with Gasteiger partial charge in [0.15, 0.2) is 5.69 Å². The summed E-state index contributed by atoms with van der Waals surface area (Å²) < 4.78 is 1.88. The number of nitrogens with zero attached hydrogens (tertiary/aromatic N) is 3. The molecule has 0 unspecified atom stereocenters.